The van der Waals surface area contributed by atoms with Gasteiger partial charge >= 0.3 is 0 Å². The summed E-state index contributed by atoms with van der Waals surface area (Å²) < 4.78 is 0. The zero-order valence-corrected chi connectivity index (χ0v) is 11.7. The summed E-state index contributed by atoms with van der Waals surface area (Å²) in [5.74, 6) is 0. The van der Waals surface area contributed by atoms with Gasteiger partial charge in [-0.05, 0) is 35.9 Å². The molecule has 0 fully saturated rings. The Morgan fingerprint density at radius 1 is 0.737 bits per heavy atom. The number of aromatic nitrogens is 1. The van der Waals surface area contributed by atoms with Crippen LogP contribution in [0.5, 0.6) is 0 Å². The largest absolute Gasteiger partial charge is 0.399 e. The second-order valence-corrected chi connectivity index (χ2v) is 4.15. The van der Waals surface area contributed by atoms with E-state index in [1.807, 2.05) is 42.5 Å². The van der Waals surface area contributed by atoms with Crippen molar-refractivity contribution in [3.05, 3.63) is 48.5 Å². The molecule has 0 aliphatic rings. The molecule has 0 amide bonds. The molecule has 3 nitrogen and oxygen atoms in total. The highest BCUT2D eigenvalue weighted by molar-refractivity contribution is 5.88. The van der Waals surface area contributed by atoms with Crippen molar-refractivity contribution in [1.29, 1.82) is 0 Å². The molecule has 0 aliphatic heterocycles. The number of hydrogen-bond donors (Lipinski definition) is 3. The molecule has 5 N–H and O–H groups in total. The summed E-state index contributed by atoms with van der Waals surface area (Å²) >= 11 is 0. The number of anilines is 2. The van der Waals surface area contributed by atoms with Crippen molar-refractivity contribution < 1.29 is 0 Å². The van der Waals surface area contributed by atoms with E-state index >= 15 is 0 Å². The summed E-state index contributed by atoms with van der Waals surface area (Å²) in [6.07, 6.45) is 0. The van der Waals surface area contributed by atoms with Gasteiger partial charge in [0.15, 0.2) is 0 Å². The number of nitrogen functional groups attached to an aromatic ring is 2. The molecule has 2 aromatic carbocycles. The van der Waals surface area contributed by atoms with Gasteiger partial charge in [-0.3, -0.25) is 0 Å². The number of nitrogens with one attached hydrogen (secondary N) is 1. The van der Waals surface area contributed by atoms with Crippen LogP contribution in [0.25, 0.3) is 22.2 Å². The van der Waals surface area contributed by atoms with Crippen LogP contribution in [0.2, 0.25) is 0 Å². The maximum absolute atomic E-state index is 5.76. The number of benzene rings is 2. The number of aromatic amines is 1. The minimum Gasteiger partial charge on any atom is -0.399 e. The SMILES string of the molecule is Cl.Cl.Nc1ccc(-c2cc3ccc(N)cc3[nH]2)cc1. The lowest BCUT2D eigenvalue weighted by Gasteiger charge is -1.98. The number of fused-ring (bicyclic) bond motifs is 1. The van der Waals surface area contributed by atoms with Gasteiger partial charge in [0.1, 0.15) is 0 Å². The van der Waals surface area contributed by atoms with Gasteiger partial charge in [-0.1, -0.05) is 18.2 Å². The molecule has 5 heteroatoms. The van der Waals surface area contributed by atoms with E-state index in [4.69, 9.17) is 11.5 Å². The summed E-state index contributed by atoms with van der Waals surface area (Å²) in [7, 11) is 0. The van der Waals surface area contributed by atoms with E-state index in [1.54, 1.807) is 0 Å². The molecule has 1 heterocycles. The van der Waals surface area contributed by atoms with Crippen LogP contribution in [-0.2, 0) is 0 Å². The van der Waals surface area contributed by atoms with Crippen molar-refractivity contribution >= 4 is 47.1 Å². The maximum atomic E-state index is 5.76. The van der Waals surface area contributed by atoms with Gasteiger partial charge in [-0.15, -0.1) is 24.8 Å². The molecule has 3 rings (SSSR count). The van der Waals surface area contributed by atoms with Crippen LogP contribution >= 0.6 is 24.8 Å². The molecular formula is C14H15Cl2N3. The van der Waals surface area contributed by atoms with Crippen LogP contribution in [0.4, 0.5) is 11.4 Å². The van der Waals surface area contributed by atoms with Crippen LogP contribution in [0, 0.1) is 0 Å². The van der Waals surface area contributed by atoms with Crippen LogP contribution in [0.15, 0.2) is 48.5 Å². The fourth-order valence-electron chi connectivity index (χ4n) is 1.96. The Hall–Kier alpha value is -1.84. The van der Waals surface area contributed by atoms with Gasteiger partial charge in [0.25, 0.3) is 0 Å². The first-order chi connectivity index (χ1) is 8.22. The molecule has 0 atom stereocenters. The van der Waals surface area contributed by atoms with Crippen molar-refractivity contribution in [3.8, 4) is 11.3 Å². The van der Waals surface area contributed by atoms with E-state index in [0.717, 1.165) is 33.5 Å². The van der Waals surface area contributed by atoms with Crippen molar-refractivity contribution in [2.45, 2.75) is 0 Å². The fraction of sp³-hybridized carbons (Fsp3) is 0. The first kappa shape index (κ1) is 15.2. The summed E-state index contributed by atoms with van der Waals surface area (Å²) in [5, 5.41) is 1.16. The van der Waals surface area contributed by atoms with E-state index in [-0.39, 0.29) is 24.8 Å². The predicted molar refractivity (Wildman–Crippen MR) is 87.1 cm³/mol. The fourth-order valence-corrected chi connectivity index (χ4v) is 1.96. The first-order valence-corrected chi connectivity index (χ1v) is 5.46. The molecular weight excluding hydrogens is 281 g/mol. The Kier molecular flexibility index (Phi) is 4.70. The molecule has 0 radical (unpaired) electrons. The Labute approximate surface area is 123 Å². The third kappa shape index (κ3) is 2.95. The lowest BCUT2D eigenvalue weighted by molar-refractivity contribution is 1.45. The molecule has 0 aliphatic carbocycles. The zero-order valence-electron chi connectivity index (χ0n) is 10.1. The van der Waals surface area contributed by atoms with Gasteiger partial charge in [-0.25, -0.2) is 0 Å². The third-order valence-corrected chi connectivity index (χ3v) is 2.87. The summed E-state index contributed by atoms with van der Waals surface area (Å²) in [5.41, 5.74) is 16.2. The molecule has 19 heavy (non-hydrogen) atoms. The molecule has 1 aromatic heterocycles. The maximum Gasteiger partial charge on any atom is 0.0479 e. The van der Waals surface area contributed by atoms with Crippen LogP contribution in [0.3, 0.4) is 0 Å². The minimum atomic E-state index is 0. The van der Waals surface area contributed by atoms with Crippen LogP contribution in [-0.4, -0.2) is 4.98 Å². The molecule has 0 spiro atoms. The quantitative estimate of drug-likeness (QED) is 0.597. The summed E-state index contributed by atoms with van der Waals surface area (Å²) in [4.78, 5) is 3.35. The molecule has 0 saturated heterocycles. The third-order valence-electron chi connectivity index (χ3n) is 2.87. The smallest absolute Gasteiger partial charge is 0.0479 e. The highest BCUT2D eigenvalue weighted by Crippen LogP contribution is 2.25. The van der Waals surface area contributed by atoms with Crippen LogP contribution in [0.1, 0.15) is 0 Å². The predicted octanol–water partition coefficient (Wildman–Crippen LogP) is 3.84. The molecule has 0 unspecified atom stereocenters. The highest BCUT2D eigenvalue weighted by atomic mass is 35.5. The average molecular weight is 296 g/mol. The Morgan fingerprint density at radius 2 is 1.37 bits per heavy atom. The number of H-pyrrole nitrogens is 1. The van der Waals surface area contributed by atoms with Gasteiger partial charge in [0, 0.05) is 28.0 Å². The van der Waals surface area contributed by atoms with E-state index in [0.29, 0.717) is 0 Å². The van der Waals surface area contributed by atoms with Crippen molar-refractivity contribution in [2.75, 3.05) is 11.5 Å². The highest BCUT2D eigenvalue weighted by Gasteiger charge is 2.03. The standard InChI is InChI=1S/C14H13N3.2ClH/c15-11-4-1-9(2-5-11)13-7-10-3-6-12(16)8-14(10)17-13;;/h1-8,17H,15-16H2;2*1H. The second kappa shape index (κ2) is 5.87. The molecule has 100 valence electrons. The Morgan fingerprint density at radius 3 is 2.05 bits per heavy atom. The van der Waals surface area contributed by atoms with Gasteiger partial charge in [-0.2, -0.15) is 0 Å². The monoisotopic (exact) mass is 295 g/mol. The summed E-state index contributed by atoms with van der Waals surface area (Å²) in [6.45, 7) is 0. The van der Waals surface area contributed by atoms with Crippen LogP contribution < -0.4 is 11.5 Å². The molecule has 0 saturated carbocycles. The van der Waals surface area contributed by atoms with E-state index in [9.17, 15) is 0 Å². The lowest BCUT2D eigenvalue weighted by Crippen LogP contribution is -1.84. The number of hydrogen-bond acceptors (Lipinski definition) is 2. The molecule has 0 bridgehead atoms. The normalized spacial score (nSPS) is 9.68. The summed E-state index contributed by atoms with van der Waals surface area (Å²) in [6, 6.07) is 15.8. The van der Waals surface area contributed by atoms with E-state index in [2.05, 4.69) is 11.1 Å². The number of nitrogens with two attached hydrogens (primary N) is 2. The van der Waals surface area contributed by atoms with Gasteiger partial charge in [0.2, 0.25) is 0 Å². The average Bonchev–Trinajstić information content (AvgIpc) is 2.72. The Balaban J connectivity index is 0.000000902. The topological polar surface area (TPSA) is 67.8 Å². The van der Waals surface area contributed by atoms with E-state index in [1.165, 1.54) is 0 Å². The van der Waals surface area contributed by atoms with Crippen molar-refractivity contribution in [3.63, 3.8) is 0 Å². The lowest BCUT2D eigenvalue weighted by atomic mass is 10.1. The second-order valence-electron chi connectivity index (χ2n) is 4.15. The van der Waals surface area contributed by atoms with Crippen molar-refractivity contribution in [2.24, 2.45) is 0 Å². The van der Waals surface area contributed by atoms with Gasteiger partial charge in [0.05, 0.1) is 0 Å². The molecule has 3 aromatic rings. The number of halogens is 2. The Bertz CT molecular complexity index is 675. The number of rotatable bonds is 1. The van der Waals surface area contributed by atoms with Gasteiger partial charge < -0.3 is 16.5 Å². The van der Waals surface area contributed by atoms with E-state index < -0.39 is 0 Å². The zero-order chi connectivity index (χ0) is 11.8. The van der Waals surface area contributed by atoms with Crippen molar-refractivity contribution in [1.82, 2.24) is 4.98 Å². The first-order valence-electron chi connectivity index (χ1n) is 5.46. The minimum absolute atomic E-state index is 0.